The lowest BCUT2D eigenvalue weighted by Crippen LogP contribution is -2.50. The zero-order valence-corrected chi connectivity index (χ0v) is 20.7. The Bertz CT molecular complexity index is 1160. The van der Waals surface area contributed by atoms with E-state index in [4.69, 9.17) is 20.9 Å². The maximum absolute atomic E-state index is 12.6. The number of nitrogen functional groups attached to an aromatic ring is 1. The molecule has 11 nitrogen and oxygen atoms in total. The Labute approximate surface area is 208 Å². The minimum Gasteiger partial charge on any atom is -0.486 e. The molecular weight excluding hydrogens is 468 g/mol. The molecule has 35 heavy (non-hydrogen) atoms. The average Bonchev–Trinajstić information content (AvgIpc) is 3.31. The van der Waals surface area contributed by atoms with Crippen LogP contribution >= 0.6 is 11.8 Å². The summed E-state index contributed by atoms with van der Waals surface area (Å²) in [6, 6.07) is 1.82. The Hall–Kier alpha value is -2.83. The second-order valence-corrected chi connectivity index (χ2v) is 10.9. The second kappa shape index (κ2) is 8.38. The zero-order chi connectivity index (χ0) is 24.3. The van der Waals surface area contributed by atoms with Gasteiger partial charge >= 0.3 is 6.03 Å². The molecule has 4 aliphatic rings. The number of anilines is 3. The van der Waals surface area contributed by atoms with Gasteiger partial charge in [-0.05, 0) is 25.8 Å². The lowest BCUT2D eigenvalue weighted by Gasteiger charge is -2.41. The van der Waals surface area contributed by atoms with Crippen molar-refractivity contribution in [3.05, 3.63) is 18.5 Å². The van der Waals surface area contributed by atoms with Gasteiger partial charge in [0.2, 0.25) is 0 Å². The first-order valence-electron chi connectivity index (χ1n) is 11.9. The summed E-state index contributed by atoms with van der Waals surface area (Å²) < 4.78 is 11.9. The third-order valence-electron chi connectivity index (χ3n) is 7.77. The number of piperidine rings is 1. The van der Waals surface area contributed by atoms with Crippen molar-refractivity contribution in [3.63, 3.8) is 0 Å². The van der Waals surface area contributed by atoms with E-state index in [0.717, 1.165) is 43.3 Å². The van der Waals surface area contributed by atoms with Crippen molar-refractivity contribution in [1.29, 1.82) is 0 Å². The van der Waals surface area contributed by atoms with Crippen LogP contribution in [0.2, 0.25) is 0 Å². The monoisotopic (exact) mass is 498 g/mol. The van der Waals surface area contributed by atoms with Crippen LogP contribution in [0.5, 0.6) is 5.75 Å². The van der Waals surface area contributed by atoms with Crippen LogP contribution in [0.25, 0.3) is 0 Å². The number of aromatic nitrogens is 3. The van der Waals surface area contributed by atoms with Crippen molar-refractivity contribution in [2.45, 2.75) is 47.9 Å². The van der Waals surface area contributed by atoms with E-state index in [9.17, 15) is 4.79 Å². The Kier molecular flexibility index (Phi) is 5.42. The smallest absolute Gasteiger partial charge is 0.326 e. The molecule has 3 saturated heterocycles. The van der Waals surface area contributed by atoms with Crippen molar-refractivity contribution in [2.24, 2.45) is 11.1 Å². The van der Waals surface area contributed by atoms with E-state index in [1.54, 1.807) is 29.2 Å². The molecule has 0 aliphatic carbocycles. The Morgan fingerprint density at radius 2 is 2.06 bits per heavy atom. The first-order valence-corrected chi connectivity index (χ1v) is 12.8. The lowest BCUT2D eigenvalue weighted by molar-refractivity contribution is 0.0974. The molecule has 3 fully saturated rings. The van der Waals surface area contributed by atoms with Gasteiger partial charge in [0, 0.05) is 44.3 Å². The van der Waals surface area contributed by atoms with Gasteiger partial charge in [-0.2, -0.15) is 0 Å². The highest BCUT2D eigenvalue weighted by Crippen LogP contribution is 2.45. The number of hydrogen-bond acceptors (Lipinski definition) is 10. The number of likely N-dealkylation sites (N-methyl/N-ethyl adjacent to an activating group) is 1. The molecule has 2 amide bonds. The highest BCUT2D eigenvalue weighted by Gasteiger charge is 2.47. The number of urea groups is 1. The molecule has 2 aromatic rings. The molecule has 1 spiro atoms. The van der Waals surface area contributed by atoms with Crippen molar-refractivity contribution >= 4 is 35.2 Å². The molecular formula is C23H30N8O3S. The number of nitrogens with two attached hydrogens (primary N) is 2. The summed E-state index contributed by atoms with van der Waals surface area (Å²) in [6.45, 7) is 5.51. The molecule has 0 radical (unpaired) electrons. The number of rotatable bonds is 3. The predicted octanol–water partition coefficient (Wildman–Crippen LogP) is 1.57. The molecule has 3 atom stereocenters. The van der Waals surface area contributed by atoms with E-state index in [1.165, 1.54) is 11.8 Å². The molecule has 4 N–H and O–H groups in total. The number of carbonyl (C=O) groups is 1. The maximum Gasteiger partial charge on any atom is 0.326 e. The largest absolute Gasteiger partial charge is 0.486 e. The van der Waals surface area contributed by atoms with Crippen LogP contribution in [0.15, 0.2) is 28.4 Å². The first kappa shape index (κ1) is 22.6. The number of fused-ring (bicyclic) bond motifs is 3. The van der Waals surface area contributed by atoms with E-state index in [1.807, 2.05) is 6.07 Å². The molecule has 6 heterocycles. The topological polar surface area (TPSA) is 136 Å². The molecule has 0 saturated carbocycles. The van der Waals surface area contributed by atoms with Gasteiger partial charge in [-0.15, -0.1) is 0 Å². The summed E-state index contributed by atoms with van der Waals surface area (Å²) in [7, 11) is 1.79. The van der Waals surface area contributed by atoms with Crippen molar-refractivity contribution in [2.75, 3.05) is 55.4 Å². The van der Waals surface area contributed by atoms with Crippen molar-refractivity contribution in [3.8, 4) is 5.75 Å². The Morgan fingerprint density at radius 1 is 1.26 bits per heavy atom. The summed E-state index contributed by atoms with van der Waals surface area (Å²) in [4.78, 5) is 32.8. The van der Waals surface area contributed by atoms with Crippen LogP contribution in [0, 0.1) is 5.41 Å². The SMILES string of the molecule is C[C@@H]1OCC2(CCN(c3cnc(Sc4ccnc5c4OCC4CN(C)C(=O)N54)c(N)n3)CC2)[C@@H]1N. The first-order chi connectivity index (χ1) is 16.9. The Morgan fingerprint density at radius 3 is 2.77 bits per heavy atom. The van der Waals surface area contributed by atoms with Gasteiger partial charge in [-0.1, -0.05) is 11.8 Å². The highest BCUT2D eigenvalue weighted by molar-refractivity contribution is 7.99. The molecule has 12 heteroatoms. The molecule has 186 valence electrons. The third-order valence-corrected chi connectivity index (χ3v) is 8.82. The van der Waals surface area contributed by atoms with E-state index < -0.39 is 0 Å². The number of amides is 2. The number of ether oxygens (including phenoxy) is 2. The molecule has 4 aliphatic heterocycles. The number of hydrogen-bond donors (Lipinski definition) is 2. The lowest BCUT2D eigenvalue weighted by atomic mass is 9.73. The molecule has 0 aromatic carbocycles. The summed E-state index contributed by atoms with van der Waals surface area (Å²) >= 11 is 1.37. The van der Waals surface area contributed by atoms with Gasteiger partial charge < -0.3 is 30.7 Å². The van der Waals surface area contributed by atoms with Crippen LogP contribution in [0.1, 0.15) is 19.8 Å². The number of pyridine rings is 1. The van der Waals surface area contributed by atoms with Crippen LogP contribution < -0.4 is 26.0 Å². The minimum absolute atomic E-state index is 0.0332. The minimum atomic E-state index is -0.0687. The average molecular weight is 499 g/mol. The summed E-state index contributed by atoms with van der Waals surface area (Å²) in [6.07, 6.45) is 5.48. The summed E-state index contributed by atoms with van der Waals surface area (Å²) in [5, 5.41) is 0.589. The van der Waals surface area contributed by atoms with E-state index >= 15 is 0 Å². The van der Waals surface area contributed by atoms with E-state index in [0.29, 0.717) is 35.6 Å². The van der Waals surface area contributed by atoms with Gasteiger partial charge in [0.25, 0.3) is 0 Å². The van der Waals surface area contributed by atoms with Crippen LogP contribution in [0.4, 0.5) is 22.2 Å². The molecule has 1 unspecified atom stereocenters. The second-order valence-electron chi connectivity index (χ2n) is 9.87. The molecule has 0 bridgehead atoms. The molecule has 6 rings (SSSR count). The van der Waals surface area contributed by atoms with Crippen LogP contribution in [0.3, 0.4) is 0 Å². The van der Waals surface area contributed by atoms with E-state index in [2.05, 4.69) is 26.8 Å². The van der Waals surface area contributed by atoms with E-state index in [-0.39, 0.29) is 29.6 Å². The number of nitrogens with zero attached hydrogens (tertiary/aromatic N) is 6. The summed E-state index contributed by atoms with van der Waals surface area (Å²) in [5.74, 6) is 2.24. The number of carbonyl (C=O) groups excluding carboxylic acids is 1. The maximum atomic E-state index is 12.6. The highest BCUT2D eigenvalue weighted by atomic mass is 32.2. The zero-order valence-electron chi connectivity index (χ0n) is 19.9. The van der Waals surface area contributed by atoms with Gasteiger partial charge in [0.1, 0.15) is 17.5 Å². The fourth-order valence-corrected chi connectivity index (χ4v) is 6.40. The van der Waals surface area contributed by atoms with Crippen LogP contribution in [-0.4, -0.2) is 84.0 Å². The Balaban J connectivity index is 1.19. The van der Waals surface area contributed by atoms with Gasteiger partial charge in [0.05, 0.1) is 29.8 Å². The van der Waals surface area contributed by atoms with Gasteiger partial charge in [0.15, 0.2) is 17.4 Å². The fraction of sp³-hybridized carbons (Fsp3) is 0.565. The van der Waals surface area contributed by atoms with Crippen molar-refractivity contribution < 1.29 is 14.3 Å². The third kappa shape index (κ3) is 3.66. The predicted molar refractivity (Wildman–Crippen MR) is 132 cm³/mol. The quantitative estimate of drug-likeness (QED) is 0.642. The van der Waals surface area contributed by atoms with Crippen molar-refractivity contribution in [1.82, 2.24) is 19.9 Å². The van der Waals surface area contributed by atoms with Gasteiger partial charge in [-0.3, -0.25) is 4.90 Å². The normalized spacial score (nSPS) is 27.2. The molecule has 2 aromatic heterocycles. The van der Waals surface area contributed by atoms with Crippen LogP contribution in [-0.2, 0) is 4.74 Å². The van der Waals surface area contributed by atoms with Gasteiger partial charge in [-0.25, -0.2) is 19.7 Å². The summed E-state index contributed by atoms with van der Waals surface area (Å²) in [5.41, 5.74) is 12.8. The fourth-order valence-electron chi connectivity index (χ4n) is 5.57. The standard InChI is InChI=1S/C23H30N8O3S/c1-13-18(24)23(12-34-13)4-7-30(8-5-23)16-9-27-21(19(25)28-16)35-15-3-6-26-20-17(15)33-11-14-10-29(2)22(32)31(14)20/h3,6,9,13-14,18H,4-5,7-8,10-12,24H2,1-2H3,(H2,25,28)/t13-,14?,18+/m0/s1.